The minimum atomic E-state index is -0.960. The maximum Gasteiger partial charge on any atom is 0.360 e. The Morgan fingerprint density at radius 1 is 1.53 bits per heavy atom. The lowest BCUT2D eigenvalue weighted by molar-refractivity contribution is 0.0594. The average Bonchev–Trinajstić information content (AvgIpc) is 2.70. The molecular formula is C11H19NO3SSi. The fourth-order valence-corrected chi connectivity index (χ4v) is 4.59. The molecule has 0 spiro atoms. The molecule has 0 radical (unpaired) electrons. The third kappa shape index (κ3) is 5.41. The van der Waals surface area contributed by atoms with Crippen LogP contribution in [0.5, 0.6) is 0 Å². The number of oxazole rings is 1. The Bertz CT molecular complexity index is 373. The third-order valence-electron chi connectivity index (χ3n) is 2.17. The average molecular weight is 273 g/mol. The summed E-state index contributed by atoms with van der Waals surface area (Å²) in [6, 6.07) is 1.28. The molecule has 0 saturated carbocycles. The van der Waals surface area contributed by atoms with Gasteiger partial charge in [0.1, 0.15) is 6.26 Å². The van der Waals surface area contributed by atoms with E-state index in [4.69, 9.17) is 4.42 Å². The predicted molar refractivity (Wildman–Crippen MR) is 72.2 cm³/mol. The van der Waals surface area contributed by atoms with Crippen molar-refractivity contribution in [3.8, 4) is 0 Å². The van der Waals surface area contributed by atoms with Crippen molar-refractivity contribution < 1.29 is 13.9 Å². The molecule has 0 atom stereocenters. The van der Waals surface area contributed by atoms with Gasteiger partial charge >= 0.3 is 5.97 Å². The Morgan fingerprint density at radius 2 is 2.24 bits per heavy atom. The van der Waals surface area contributed by atoms with E-state index < -0.39 is 14.0 Å². The summed E-state index contributed by atoms with van der Waals surface area (Å²) >= 11 is 1.79. The number of hydrogen-bond donors (Lipinski definition) is 0. The van der Waals surface area contributed by atoms with Crippen molar-refractivity contribution >= 4 is 25.8 Å². The van der Waals surface area contributed by atoms with E-state index in [1.165, 1.54) is 19.4 Å². The van der Waals surface area contributed by atoms with Gasteiger partial charge < -0.3 is 9.15 Å². The molecule has 1 rings (SSSR count). The summed E-state index contributed by atoms with van der Waals surface area (Å²) in [6.45, 7) is 7.07. The Labute approximate surface area is 107 Å². The molecular weight excluding hydrogens is 254 g/mol. The second-order valence-electron chi connectivity index (χ2n) is 4.98. The van der Waals surface area contributed by atoms with Crippen LogP contribution in [-0.2, 0) is 10.5 Å². The van der Waals surface area contributed by atoms with Crippen LogP contribution in [0.1, 0.15) is 16.4 Å². The lowest BCUT2D eigenvalue weighted by Crippen LogP contribution is -2.19. The van der Waals surface area contributed by atoms with Crippen molar-refractivity contribution in [2.45, 2.75) is 31.4 Å². The first-order valence-corrected chi connectivity index (χ1v) is 10.4. The van der Waals surface area contributed by atoms with Gasteiger partial charge in [-0.15, -0.1) is 0 Å². The van der Waals surface area contributed by atoms with Gasteiger partial charge in [0, 0.05) is 8.07 Å². The monoisotopic (exact) mass is 273 g/mol. The number of methoxy groups -OCH3 is 1. The number of carbonyl (C=O) groups excluding carboxylic acids is 1. The van der Waals surface area contributed by atoms with Gasteiger partial charge in [-0.05, 0) is 11.8 Å². The van der Waals surface area contributed by atoms with E-state index in [2.05, 4.69) is 29.4 Å². The third-order valence-corrected chi connectivity index (χ3v) is 5.22. The predicted octanol–water partition coefficient (Wildman–Crippen LogP) is 3.03. The molecule has 0 saturated heterocycles. The Hall–Kier alpha value is -0.753. The topological polar surface area (TPSA) is 52.3 Å². The number of esters is 1. The molecule has 4 nitrogen and oxygen atoms in total. The first-order chi connectivity index (χ1) is 7.92. The molecule has 0 aliphatic carbocycles. The SMILES string of the molecule is COC(=O)c1coc(CSCC[Si](C)(C)C)n1. The number of thioether (sulfide) groups is 1. The Kier molecular flexibility index (Phi) is 5.26. The van der Waals surface area contributed by atoms with Crippen LogP contribution in [0.4, 0.5) is 0 Å². The van der Waals surface area contributed by atoms with E-state index in [9.17, 15) is 4.79 Å². The number of rotatable bonds is 6. The number of nitrogens with zero attached hydrogens (tertiary/aromatic N) is 1. The molecule has 1 aromatic heterocycles. The van der Waals surface area contributed by atoms with Gasteiger partial charge in [-0.1, -0.05) is 19.6 Å². The molecule has 17 heavy (non-hydrogen) atoms. The molecule has 0 unspecified atom stereocenters. The zero-order valence-electron chi connectivity index (χ0n) is 10.8. The highest BCUT2D eigenvalue weighted by molar-refractivity contribution is 7.98. The van der Waals surface area contributed by atoms with E-state index in [0.717, 1.165) is 5.75 Å². The summed E-state index contributed by atoms with van der Waals surface area (Å²) in [5, 5.41) is 0. The van der Waals surface area contributed by atoms with Crippen LogP contribution < -0.4 is 0 Å². The van der Waals surface area contributed by atoms with Crippen molar-refractivity contribution in [1.29, 1.82) is 0 Å². The fraction of sp³-hybridized carbons (Fsp3) is 0.636. The van der Waals surface area contributed by atoms with Gasteiger partial charge in [-0.3, -0.25) is 0 Å². The smallest absolute Gasteiger partial charge is 0.360 e. The van der Waals surface area contributed by atoms with Crippen LogP contribution in [0.25, 0.3) is 0 Å². The first kappa shape index (κ1) is 14.3. The minimum absolute atomic E-state index is 0.244. The lowest BCUT2D eigenvalue weighted by atomic mass is 10.5. The maximum atomic E-state index is 11.1. The molecule has 0 N–H and O–H groups in total. The molecule has 0 fully saturated rings. The maximum absolute atomic E-state index is 11.1. The molecule has 6 heteroatoms. The zero-order valence-corrected chi connectivity index (χ0v) is 12.6. The lowest BCUT2D eigenvalue weighted by Gasteiger charge is -2.14. The van der Waals surface area contributed by atoms with Crippen LogP contribution in [0.2, 0.25) is 25.7 Å². The molecule has 0 aliphatic heterocycles. The highest BCUT2D eigenvalue weighted by atomic mass is 32.2. The van der Waals surface area contributed by atoms with Crippen molar-refractivity contribution in [2.24, 2.45) is 0 Å². The molecule has 0 bridgehead atoms. The van der Waals surface area contributed by atoms with Crippen molar-refractivity contribution in [1.82, 2.24) is 4.98 Å². The molecule has 1 heterocycles. The molecule has 0 aromatic carbocycles. The molecule has 1 aromatic rings. The van der Waals surface area contributed by atoms with Gasteiger partial charge in [0.15, 0.2) is 5.69 Å². The molecule has 0 amide bonds. The summed E-state index contributed by atoms with van der Waals surface area (Å²) in [7, 11) is 0.373. The summed E-state index contributed by atoms with van der Waals surface area (Å²) in [6.07, 6.45) is 1.35. The fourth-order valence-electron chi connectivity index (χ4n) is 1.11. The number of aromatic nitrogens is 1. The van der Waals surface area contributed by atoms with Gasteiger partial charge in [0.25, 0.3) is 0 Å². The van der Waals surface area contributed by atoms with Crippen molar-refractivity contribution in [3.05, 3.63) is 17.8 Å². The van der Waals surface area contributed by atoms with Crippen LogP contribution in [-0.4, -0.2) is 31.9 Å². The number of ether oxygens (including phenoxy) is 1. The highest BCUT2D eigenvalue weighted by Crippen LogP contribution is 2.17. The standard InChI is InChI=1S/C11H19NO3SSi/c1-14-11(13)9-7-15-10(12-9)8-16-5-6-17(2,3)4/h7H,5-6,8H2,1-4H3. The van der Waals surface area contributed by atoms with Crippen LogP contribution in [0, 0.1) is 0 Å². The minimum Gasteiger partial charge on any atom is -0.464 e. The van der Waals surface area contributed by atoms with E-state index in [0.29, 0.717) is 11.6 Å². The van der Waals surface area contributed by atoms with Gasteiger partial charge in [-0.25, -0.2) is 9.78 Å². The van der Waals surface area contributed by atoms with E-state index >= 15 is 0 Å². The summed E-state index contributed by atoms with van der Waals surface area (Å²) in [5.41, 5.74) is 0.244. The van der Waals surface area contributed by atoms with E-state index in [-0.39, 0.29) is 5.69 Å². The van der Waals surface area contributed by atoms with Crippen molar-refractivity contribution in [3.63, 3.8) is 0 Å². The van der Waals surface area contributed by atoms with Gasteiger partial charge in [-0.2, -0.15) is 11.8 Å². The normalized spacial score (nSPS) is 11.5. The Morgan fingerprint density at radius 3 is 2.82 bits per heavy atom. The second-order valence-corrected chi connectivity index (χ2v) is 11.7. The summed E-state index contributed by atoms with van der Waals surface area (Å²) < 4.78 is 9.76. The van der Waals surface area contributed by atoms with Crippen LogP contribution >= 0.6 is 11.8 Å². The van der Waals surface area contributed by atoms with Gasteiger partial charge in [0.2, 0.25) is 5.89 Å². The number of carbonyl (C=O) groups is 1. The summed E-state index contributed by atoms with van der Waals surface area (Å²) in [4.78, 5) is 15.2. The quantitative estimate of drug-likeness (QED) is 0.453. The van der Waals surface area contributed by atoms with Crippen LogP contribution in [0.3, 0.4) is 0 Å². The Balaban J connectivity index is 2.33. The zero-order chi connectivity index (χ0) is 12.9. The largest absolute Gasteiger partial charge is 0.464 e. The van der Waals surface area contributed by atoms with Crippen LogP contribution in [0.15, 0.2) is 10.7 Å². The van der Waals surface area contributed by atoms with E-state index in [1.54, 1.807) is 11.8 Å². The highest BCUT2D eigenvalue weighted by Gasteiger charge is 2.14. The van der Waals surface area contributed by atoms with Gasteiger partial charge in [0.05, 0.1) is 12.9 Å². The first-order valence-electron chi connectivity index (χ1n) is 5.53. The van der Waals surface area contributed by atoms with E-state index in [1.807, 2.05) is 0 Å². The number of hydrogen-bond acceptors (Lipinski definition) is 5. The molecule has 96 valence electrons. The van der Waals surface area contributed by atoms with Crippen molar-refractivity contribution in [2.75, 3.05) is 12.9 Å². The molecule has 0 aliphatic rings. The summed E-state index contributed by atoms with van der Waals surface area (Å²) in [5.74, 6) is 1.96. The second kappa shape index (κ2) is 6.25.